The predicted octanol–water partition coefficient (Wildman–Crippen LogP) is 18.6. The average molecular weight is 1010 g/mol. The molecule has 4 heteroatoms. The number of hydrogen-bond donors (Lipinski definition) is 0. The van der Waals surface area contributed by atoms with Crippen LogP contribution in [-0.2, 0) is 16.2 Å². The summed E-state index contributed by atoms with van der Waals surface area (Å²) in [6, 6.07) is 100. The first-order valence-corrected chi connectivity index (χ1v) is 27.3. The highest BCUT2D eigenvalue weighted by atomic mass is 16.5. The first-order valence-electron chi connectivity index (χ1n) is 27.3. The molecule has 0 saturated carbocycles. The molecule has 368 valence electrons. The molecular formula is C75H45NO3. The second-order valence-electron chi connectivity index (χ2n) is 21.7. The minimum Gasteiger partial charge on any atom is -0.457 e. The number of hydrogen-bond acceptors (Lipinski definition) is 4. The van der Waals surface area contributed by atoms with Gasteiger partial charge in [-0.3, -0.25) is 0 Å². The molecule has 0 saturated heterocycles. The fourth-order valence-corrected chi connectivity index (χ4v) is 15.4. The van der Waals surface area contributed by atoms with Crippen molar-refractivity contribution in [1.82, 2.24) is 0 Å². The zero-order valence-electron chi connectivity index (χ0n) is 42.7. The Kier molecular flexibility index (Phi) is 8.44. The summed E-state index contributed by atoms with van der Waals surface area (Å²) in [5, 5.41) is 0. The van der Waals surface area contributed by atoms with Crippen molar-refractivity contribution >= 4 is 17.1 Å². The maximum absolute atomic E-state index is 6.81. The van der Waals surface area contributed by atoms with Gasteiger partial charge in [0.2, 0.25) is 0 Å². The summed E-state index contributed by atoms with van der Waals surface area (Å²) < 4.78 is 20.3. The van der Waals surface area contributed by atoms with Crippen LogP contribution in [0.1, 0.15) is 66.8 Å². The van der Waals surface area contributed by atoms with E-state index >= 15 is 0 Å². The van der Waals surface area contributed by atoms with E-state index in [0.29, 0.717) is 0 Å². The smallest absolute Gasteiger partial charge is 0.132 e. The van der Waals surface area contributed by atoms with Gasteiger partial charge in [0, 0.05) is 50.4 Å². The highest BCUT2D eigenvalue weighted by Gasteiger charge is 2.54. The van der Waals surface area contributed by atoms with Crippen LogP contribution >= 0.6 is 0 Å². The number of nitrogens with zero attached hydrogens (tertiary/aromatic N) is 1. The van der Waals surface area contributed by atoms with Crippen LogP contribution in [0.2, 0.25) is 0 Å². The first-order chi connectivity index (χ1) is 39.2. The maximum atomic E-state index is 6.81. The lowest BCUT2D eigenvalue weighted by Gasteiger charge is -2.40. The first kappa shape index (κ1) is 43.0. The van der Waals surface area contributed by atoms with Gasteiger partial charge in [0.15, 0.2) is 0 Å². The molecule has 0 amide bonds. The number of benzene rings is 12. The van der Waals surface area contributed by atoms with E-state index in [4.69, 9.17) is 14.2 Å². The lowest BCUT2D eigenvalue weighted by atomic mass is 9.66. The predicted molar refractivity (Wildman–Crippen MR) is 313 cm³/mol. The van der Waals surface area contributed by atoms with E-state index in [0.717, 1.165) is 84.9 Å². The third kappa shape index (κ3) is 5.29. The summed E-state index contributed by atoms with van der Waals surface area (Å²) in [4.78, 5) is 2.51. The van der Waals surface area contributed by atoms with Crippen molar-refractivity contribution < 1.29 is 14.2 Å². The van der Waals surface area contributed by atoms with Crippen molar-refractivity contribution in [3.05, 3.63) is 340 Å². The van der Waals surface area contributed by atoms with Crippen LogP contribution in [0, 0.1) is 0 Å². The minimum atomic E-state index is -0.654. The Morgan fingerprint density at radius 3 is 0.785 bits per heavy atom. The van der Waals surface area contributed by atoms with Crippen LogP contribution in [0.15, 0.2) is 273 Å². The molecule has 3 heterocycles. The molecule has 79 heavy (non-hydrogen) atoms. The number of fused-ring (bicyclic) bond motifs is 27. The third-order valence-corrected chi connectivity index (χ3v) is 18.3. The summed E-state index contributed by atoms with van der Waals surface area (Å²) in [7, 11) is 0. The van der Waals surface area contributed by atoms with E-state index in [2.05, 4.69) is 278 Å². The van der Waals surface area contributed by atoms with Crippen LogP contribution in [0.5, 0.6) is 34.5 Å². The largest absolute Gasteiger partial charge is 0.457 e. The van der Waals surface area contributed by atoms with E-state index in [9.17, 15) is 0 Å². The lowest BCUT2D eigenvalue weighted by Crippen LogP contribution is -2.32. The third-order valence-electron chi connectivity index (χ3n) is 18.3. The SMILES string of the molecule is c1ccc2c(c1)Oc1ccccc1C21c2ccccc2-c2cc(N(c3ccc4c(c3)-c3ccccc3C43c4ccccc4Oc4ccccc43)c3ccc4c(c3)C3(c5ccccc5Oc5ccccc53)c3ccccc3-4)ccc21. The molecule has 0 aromatic heterocycles. The maximum Gasteiger partial charge on any atom is 0.132 e. The summed E-state index contributed by atoms with van der Waals surface area (Å²) in [5.74, 6) is 5.26. The molecule has 3 aliphatic carbocycles. The molecule has 0 unspecified atom stereocenters. The fourth-order valence-electron chi connectivity index (χ4n) is 15.4. The van der Waals surface area contributed by atoms with Crippen molar-refractivity contribution in [2.75, 3.05) is 4.90 Å². The quantitative estimate of drug-likeness (QED) is 0.176. The van der Waals surface area contributed by atoms with Crippen LogP contribution in [0.4, 0.5) is 17.1 Å². The molecule has 12 aromatic carbocycles. The van der Waals surface area contributed by atoms with Gasteiger partial charge in [-0.1, -0.05) is 200 Å². The van der Waals surface area contributed by atoms with Gasteiger partial charge in [-0.25, -0.2) is 0 Å². The van der Waals surface area contributed by atoms with Crippen LogP contribution in [0.3, 0.4) is 0 Å². The number of anilines is 3. The fraction of sp³-hybridized carbons (Fsp3) is 0.0400. The van der Waals surface area contributed by atoms with E-state index in [1.54, 1.807) is 0 Å². The van der Waals surface area contributed by atoms with Gasteiger partial charge in [-0.15, -0.1) is 0 Å². The Morgan fingerprint density at radius 1 is 0.190 bits per heavy atom. The molecule has 0 radical (unpaired) electrons. The molecule has 3 spiro atoms. The van der Waals surface area contributed by atoms with E-state index in [-0.39, 0.29) is 0 Å². The molecule has 12 aromatic rings. The Bertz CT molecular complexity index is 4310. The molecule has 6 aliphatic rings. The molecule has 0 atom stereocenters. The summed E-state index contributed by atoms with van der Waals surface area (Å²) >= 11 is 0. The molecule has 4 nitrogen and oxygen atoms in total. The average Bonchev–Trinajstić information content (AvgIpc) is 3.61. The Morgan fingerprint density at radius 2 is 0.430 bits per heavy atom. The van der Waals surface area contributed by atoms with E-state index in [1.165, 1.54) is 66.8 Å². The monoisotopic (exact) mass is 1010 g/mol. The highest BCUT2D eigenvalue weighted by molar-refractivity contribution is 5.96. The Balaban J connectivity index is 0.918. The highest BCUT2D eigenvalue weighted by Crippen LogP contribution is 2.67. The van der Waals surface area contributed by atoms with Gasteiger partial charge < -0.3 is 19.1 Å². The van der Waals surface area contributed by atoms with Crippen LogP contribution in [0.25, 0.3) is 33.4 Å². The topological polar surface area (TPSA) is 30.9 Å². The summed E-state index contributed by atoms with van der Waals surface area (Å²) in [6.45, 7) is 0. The van der Waals surface area contributed by atoms with Gasteiger partial charge in [0.05, 0.1) is 16.2 Å². The Hall–Kier alpha value is -10.2. The van der Waals surface area contributed by atoms with Crippen LogP contribution < -0.4 is 19.1 Å². The van der Waals surface area contributed by atoms with Crippen molar-refractivity contribution in [2.24, 2.45) is 0 Å². The van der Waals surface area contributed by atoms with E-state index < -0.39 is 16.2 Å². The molecular weight excluding hydrogens is 963 g/mol. The van der Waals surface area contributed by atoms with Crippen molar-refractivity contribution in [3.8, 4) is 67.9 Å². The van der Waals surface area contributed by atoms with Crippen molar-refractivity contribution in [2.45, 2.75) is 16.2 Å². The molecule has 0 fully saturated rings. The number of rotatable bonds is 3. The van der Waals surface area contributed by atoms with Gasteiger partial charge in [0.1, 0.15) is 34.5 Å². The summed E-state index contributed by atoms with van der Waals surface area (Å²) in [6.07, 6.45) is 0. The van der Waals surface area contributed by atoms with E-state index in [1.807, 2.05) is 0 Å². The summed E-state index contributed by atoms with van der Waals surface area (Å²) in [5.41, 5.74) is 22.9. The molecule has 18 rings (SSSR count). The van der Waals surface area contributed by atoms with Crippen LogP contribution in [-0.4, -0.2) is 0 Å². The van der Waals surface area contributed by atoms with Gasteiger partial charge in [0.25, 0.3) is 0 Å². The van der Waals surface area contributed by atoms with Gasteiger partial charge in [-0.05, 0) is 140 Å². The minimum absolute atomic E-state index is 0.599. The standard InChI is InChI=1S/C75H45NO3/c1-4-22-55-49(19-1)52-40-37-48(45-66(52)75(55)64-29-11-17-35-71(64)79-72-36-18-12-30-65(72)75)76(46-38-41-58-53(43-46)50-20-2-5-23-56(50)73(58)60-25-7-13-31-67(60)77-68-32-14-8-26-61(68)73)47-39-42-59-54(44-47)51-21-3-6-24-57(51)74(59)62-27-9-15-33-69(62)78-70-34-16-10-28-63(70)74/h1-45H. The number of ether oxygens (including phenoxy) is 3. The zero-order valence-corrected chi connectivity index (χ0v) is 42.7. The zero-order chi connectivity index (χ0) is 51.6. The van der Waals surface area contributed by atoms with Crippen molar-refractivity contribution in [3.63, 3.8) is 0 Å². The second kappa shape index (κ2) is 15.5. The molecule has 3 aliphatic heterocycles. The normalized spacial score (nSPS) is 15.2. The van der Waals surface area contributed by atoms with Gasteiger partial charge >= 0.3 is 0 Å². The number of para-hydroxylation sites is 6. The van der Waals surface area contributed by atoms with Gasteiger partial charge in [-0.2, -0.15) is 0 Å². The van der Waals surface area contributed by atoms with Crippen molar-refractivity contribution in [1.29, 1.82) is 0 Å². The molecule has 0 N–H and O–H groups in total. The second-order valence-corrected chi connectivity index (χ2v) is 21.7. The lowest BCUT2D eigenvalue weighted by molar-refractivity contribution is 0.436. The molecule has 0 bridgehead atoms. The Labute approximate surface area is 457 Å².